The van der Waals surface area contributed by atoms with Gasteiger partial charge in [-0.05, 0) is 90.9 Å². The van der Waals surface area contributed by atoms with E-state index in [0.717, 1.165) is 37.8 Å². The fourth-order valence-corrected chi connectivity index (χ4v) is 7.15. The van der Waals surface area contributed by atoms with Crippen molar-refractivity contribution >= 4 is 27.5 Å². The molecule has 11 heteroatoms. The van der Waals surface area contributed by atoms with Crippen molar-refractivity contribution in [2.45, 2.75) is 57.2 Å². The van der Waals surface area contributed by atoms with Crippen LogP contribution in [0.1, 0.15) is 43.7 Å². The zero-order chi connectivity index (χ0) is 31.8. The molecular weight excluding hydrogens is 593 g/mol. The molecule has 2 fully saturated rings. The second-order valence-electron chi connectivity index (χ2n) is 12.3. The number of phenols is 1. The summed E-state index contributed by atoms with van der Waals surface area (Å²) in [5.74, 6) is -0.886. The Kier molecular flexibility index (Phi) is 8.10. The number of fused-ring (bicyclic) bond motifs is 3. The molecule has 8 nitrogen and oxygen atoms in total. The van der Waals surface area contributed by atoms with E-state index in [9.17, 15) is 13.9 Å². The zero-order valence-electron chi connectivity index (χ0n) is 25.6. The van der Waals surface area contributed by atoms with Gasteiger partial charge in [0.05, 0.1) is 10.9 Å². The Labute approximate surface area is 264 Å². The van der Waals surface area contributed by atoms with Gasteiger partial charge in [0.15, 0.2) is 5.82 Å². The van der Waals surface area contributed by atoms with E-state index in [1.807, 2.05) is 19.1 Å². The van der Waals surface area contributed by atoms with E-state index in [-0.39, 0.29) is 35.1 Å². The Morgan fingerprint density at radius 1 is 1.13 bits per heavy atom. The number of hydrogen-bond donors (Lipinski definition) is 2. The van der Waals surface area contributed by atoms with Gasteiger partial charge in [0.1, 0.15) is 41.4 Å². The first-order chi connectivity index (χ1) is 22.3. The van der Waals surface area contributed by atoms with E-state index >= 15 is 4.39 Å². The van der Waals surface area contributed by atoms with Gasteiger partial charge in [0, 0.05) is 43.7 Å². The van der Waals surface area contributed by atoms with Gasteiger partial charge in [-0.2, -0.15) is 9.97 Å². The van der Waals surface area contributed by atoms with Crippen molar-refractivity contribution in [1.29, 1.82) is 0 Å². The molecule has 0 spiro atoms. The quantitative estimate of drug-likeness (QED) is 0.163. The first-order valence-electron chi connectivity index (χ1n) is 15.8. The third kappa shape index (κ3) is 5.57. The molecule has 2 aromatic carbocycles. The molecule has 2 aliphatic rings. The number of phenolic OH excluding ortho intramolecular Hbond substituents is 1. The van der Waals surface area contributed by atoms with Crippen molar-refractivity contribution in [3.63, 3.8) is 0 Å². The summed E-state index contributed by atoms with van der Waals surface area (Å²) in [6, 6.07) is 9.73. The Balaban J connectivity index is 1.28. The van der Waals surface area contributed by atoms with Crippen LogP contribution in [0, 0.1) is 11.6 Å². The number of hydrogen-bond acceptors (Lipinski definition) is 8. The van der Waals surface area contributed by atoms with Gasteiger partial charge in [0.2, 0.25) is 0 Å². The van der Waals surface area contributed by atoms with Crippen LogP contribution in [0.2, 0.25) is 0 Å². The molecule has 46 heavy (non-hydrogen) atoms. The van der Waals surface area contributed by atoms with Gasteiger partial charge in [-0.25, -0.2) is 13.2 Å². The topological polar surface area (TPSA) is 96.3 Å². The van der Waals surface area contributed by atoms with Crippen LogP contribution >= 0.6 is 0 Å². The van der Waals surface area contributed by atoms with Crippen molar-refractivity contribution in [1.82, 2.24) is 24.8 Å². The summed E-state index contributed by atoms with van der Waals surface area (Å²) in [6.07, 6.45) is 8.18. The van der Waals surface area contributed by atoms with Gasteiger partial charge >= 0.3 is 6.01 Å². The van der Waals surface area contributed by atoms with Crippen molar-refractivity contribution in [2.75, 3.05) is 31.6 Å². The molecule has 2 N–H and O–H groups in total. The number of nitrogens with zero attached hydrogens (tertiary/aromatic N) is 5. The summed E-state index contributed by atoms with van der Waals surface area (Å²) >= 11 is 0. The molecule has 2 aliphatic heterocycles. The number of aryl methyl sites for hydroxylation is 2. The lowest BCUT2D eigenvalue weighted by molar-refractivity contribution is 0.107. The van der Waals surface area contributed by atoms with Crippen LogP contribution in [0.3, 0.4) is 0 Å². The first kappa shape index (κ1) is 30.2. The second-order valence-corrected chi connectivity index (χ2v) is 12.3. The molecule has 0 bridgehead atoms. The summed E-state index contributed by atoms with van der Waals surface area (Å²) in [7, 11) is 0. The van der Waals surface area contributed by atoms with Crippen LogP contribution in [0.5, 0.6) is 11.8 Å². The fourth-order valence-electron chi connectivity index (χ4n) is 7.15. The molecule has 0 radical (unpaired) electrons. The van der Waals surface area contributed by atoms with Gasteiger partial charge in [-0.15, -0.1) is 0 Å². The summed E-state index contributed by atoms with van der Waals surface area (Å²) in [4.78, 5) is 19.8. The predicted molar refractivity (Wildman–Crippen MR) is 171 cm³/mol. The second kappa shape index (κ2) is 12.4. The number of anilines is 1. The maximum atomic E-state index is 16.7. The molecule has 7 rings (SSSR count). The number of halogens is 3. The Morgan fingerprint density at radius 2 is 1.98 bits per heavy atom. The lowest BCUT2D eigenvalue weighted by Crippen LogP contribution is -2.43. The van der Waals surface area contributed by atoms with Gasteiger partial charge < -0.3 is 15.2 Å². The normalized spacial score (nSPS) is 19.6. The minimum atomic E-state index is -0.917. The molecule has 0 amide bonds. The largest absolute Gasteiger partial charge is 0.508 e. The van der Waals surface area contributed by atoms with Gasteiger partial charge in [-0.1, -0.05) is 13.0 Å². The number of aromatic nitrogens is 4. The lowest BCUT2D eigenvalue weighted by Gasteiger charge is -2.30. The third-order valence-corrected chi connectivity index (χ3v) is 9.34. The third-order valence-electron chi connectivity index (χ3n) is 9.34. The maximum Gasteiger partial charge on any atom is 0.319 e. The molecule has 2 saturated heterocycles. The minimum Gasteiger partial charge on any atom is -0.508 e. The molecule has 0 unspecified atom stereocenters. The van der Waals surface area contributed by atoms with E-state index in [1.165, 1.54) is 24.4 Å². The van der Waals surface area contributed by atoms with Crippen molar-refractivity contribution in [3.8, 4) is 23.0 Å². The Bertz CT molecular complexity index is 1910. The van der Waals surface area contributed by atoms with Crippen LogP contribution in [0.25, 0.3) is 32.9 Å². The number of pyridine rings is 2. The summed E-state index contributed by atoms with van der Waals surface area (Å²) < 4.78 is 52.1. The highest BCUT2D eigenvalue weighted by Crippen LogP contribution is 2.41. The molecule has 238 valence electrons. The summed E-state index contributed by atoms with van der Waals surface area (Å²) in [6.45, 7) is 3.75. The summed E-state index contributed by atoms with van der Waals surface area (Å²) in [5, 5.41) is 15.3. The molecular formula is C35H35F3N6O2. The molecule has 3 aromatic heterocycles. The van der Waals surface area contributed by atoms with E-state index in [4.69, 9.17) is 4.74 Å². The van der Waals surface area contributed by atoms with Crippen LogP contribution in [-0.2, 0) is 12.8 Å². The number of rotatable bonds is 10. The van der Waals surface area contributed by atoms with E-state index in [0.29, 0.717) is 53.5 Å². The van der Waals surface area contributed by atoms with Crippen molar-refractivity contribution in [3.05, 3.63) is 77.8 Å². The molecule has 5 heterocycles. The number of nitrogens with one attached hydrogen (secondary N) is 1. The molecule has 5 aromatic rings. The fraction of sp³-hybridized carbons (Fsp3) is 0.371. The van der Waals surface area contributed by atoms with Crippen molar-refractivity contribution < 1.29 is 23.0 Å². The van der Waals surface area contributed by atoms with Crippen LogP contribution in [0.4, 0.5) is 19.0 Å². The lowest BCUT2D eigenvalue weighted by atomic mass is 9.94. The van der Waals surface area contributed by atoms with Gasteiger partial charge in [-0.3, -0.25) is 14.9 Å². The number of benzene rings is 2. The molecule has 0 saturated carbocycles. The smallest absolute Gasteiger partial charge is 0.319 e. The van der Waals surface area contributed by atoms with Crippen LogP contribution in [-0.4, -0.2) is 67.9 Å². The number of ether oxygens (including phenoxy) is 1. The van der Waals surface area contributed by atoms with E-state index in [2.05, 4.69) is 30.2 Å². The Hall–Kier alpha value is -4.51. The van der Waals surface area contributed by atoms with Gasteiger partial charge in [0.25, 0.3) is 0 Å². The van der Waals surface area contributed by atoms with E-state index in [1.54, 1.807) is 18.5 Å². The number of aromatic hydroxyl groups is 1. The number of alkyl halides is 1. The maximum absolute atomic E-state index is 16.7. The SMILES string of the molecule is CCc1c(F)ccc2cc(O)cc(-c3ncc4c(NCCCc5ccncc5)nc(OC[C@@]56CCCN5C[C@H](F)C6)nc4c3F)c12. The standard InChI is InChI=1S/C35H35F3N6O2/c1-2-25-28(37)7-6-22-15-24(45)16-26(29(22)25)31-30(38)32-27(18-41-31)33(40-11-3-5-21-8-12-39-13-9-21)43-34(42-32)46-20-35-10-4-14-44(35)19-23(36)17-35/h6-9,12-13,15-16,18,23,45H,2-5,10-11,14,17,19-20H2,1H3,(H,40,42,43)/t23-,35+/m1/s1. The highest BCUT2D eigenvalue weighted by Gasteiger charge is 2.49. The molecule has 0 aliphatic carbocycles. The van der Waals surface area contributed by atoms with Crippen molar-refractivity contribution in [2.24, 2.45) is 0 Å². The summed E-state index contributed by atoms with van der Waals surface area (Å²) in [5.41, 5.74) is 1.29. The van der Waals surface area contributed by atoms with E-state index < -0.39 is 23.3 Å². The average molecular weight is 629 g/mol. The zero-order valence-corrected chi connectivity index (χ0v) is 25.6. The monoisotopic (exact) mass is 628 g/mol. The highest BCUT2D eigenvalue weighted by atomic mass is 19.1. The average Bonchev–Trinajstić information content (AvgIpc) is 3.58. The van der Waals surface area contributed by atoms with Crippen LogP contribution in [0.15, 0.2) is 55.0 Å². The first-order valence-corrected chi connectivity index (χ1v) is 15.8. The highest BCUT2D eigenvalue weighted by molar-refractivity contribution is 6.01. The molecule has 2 atom stereocenters. The van der Waals surface area contributed by atoms with Crippen LogP contribution < -0.4 is 10.1 Å². The predicted octanol–water partition coefficient (Wildman–Crippen LogP) is 6.79. The minimum absolute atomic E-state index is 0.0202. The Morgan fingerprint density at radius 3 is 2.80 bits per heavy atom.